The molecule has 0 aromatic heterocycles. The highest BCUT2D eigenvalue weighted by molar-refractivity contribution is 5.64. The smallest absolute Gasteiger partial charge is 0.406 e. The number of ether oxygens (including phenoxy) is 1. The van der Waals surface area contributed by atoms with Gasteiger partial charge in [-0.2, -0.15) is 0 Å². The Hall–Kier alpha value is -2.69. The molecule has 0 amide bonds. The monoisotopic (exact) mass is 387 g/mol. The number of anilines is 1. The predicted molar refractivity (Wildman–Crippen MR) is 106 cm³/mol. The second-order valence-corrected chi connectivity index (χ2v) is 7.61. The van der Waals surface area contributed by atoms with Crippen LogP contribution in [0.25, 0.3) is 0 Å². The molecule has 2 nitrogen and oxygen atoms in total. The molecule has 0 spiro atoms. The topological polar surface area (TPSA) is 12.5 Å². The standard InChI is InChI=1S/C23H24F3NO/c1-17(28-23(24,25)26)15-19-16-22(2,3)20-11-7-8-12-21(20)27(19)14-13-18-9-5-4-6-10-18/h4-12,15H,1,13-14,16H2,2-3H3/b19-15+. The van der Waals surface area contributed by atoms with Crippen molar-refractivity contribution in [3.05, 3.63) is 89.8 Å². The van der Waals surface area contributed by atoms with Crippen LogP contribution in [0.5, 0.6) is 0 Å². The molecule has 0 atom stereocenters. The van der Waals surface area contributed by atoms with Crippen molar-refractivity contribution in [3.63, 3.8) is 0 Å². The molecule has 3 rings (SSSR count). The zero-order chi connectivity index (χ0) is 20.4. The van der Waals surface area contributed by atoms with E-state index in [9.17, 15) is 13.2 Å². The van der Waals surface area contributed by atoms with E-state index in [1.54, 1.807) is 0 Å². The first kappa shape index (κ1) is 20.1. The molecular weight excluding hydrogens is 363 g/mol. The number of alkyl halides is 3. The number of hydrogen-bond donors (Lipinski definition) is 0. The average Bonchev–Trinajstić information content (AvgIpc) is 2.60. The van der Waals surface area contributed by atoms with Gasteiger partial charge in [0, 0.05) is 17.9 Å². The van der Waals surface area contributed by atoms with Crippen molar-refractivity contribution in [2.75, 3.05) is 11.4 Å². The maximum Gasteiger partial charge on any atom is 0.573 e. The number of fused-ring (bicyclic) bond motifs is 1. The quantitative estimate of drug-likeness (QED) is 0.554. The lowest BCUT2D eigenvalue weighted by molar-refractivity contribution is -0.303. The minimum Gasteiger partial charge on any atom is -0.406 e. The largest absolute Gasteiger partial charge is 0.573 e. The van der Waals surface area contributed by atoms with Crippen molar-refractivity contribution in [2.45, 2.75) is 38.5 Å². The summed E-state index contributed by atoms with van der Waals surface area (Å²) in [4.78, 5) is 2.08. The van der Waals surface area contributed by atoms with Gasteiger partial charge in [0.2, 0.25) is 0 Å². The van der Waals surface area contributed by atoms with Gasteiger partial charge in [0.1, 0.15) is 5.76 Å². The average molecular weight is 387 g/mol. The first-order valence-corrected chi connectivity index (χ1v) is 9.22. The van der Waals surface area contributed by atoms with Gasteiger partial charge in [0.15, 0.2) is 0 Å². The number of halogens is 3. The molecule has 5 heteroatoms. The Morgan fingerprint density at radius 2 is 1.75 bits per heavy atom. The Morgan fingerprint density at radius 1 is 1.11 bits per heavy atom. The first-order valence-electron chi connectivity index (χ1n) is 9.22. The molecule has 0 saturated heterocycles. The zero-order valence-corrected chi connectivity index (χ0v) is 16.1. The summed E-state index contributed by atoms with van der Waals surface area (Å²) < 4.78 is 41.8. The molecule has 0 N–H and O–H groups in total. The predicted octanol–water partition coefficient (Wildman–Crippen LogP) is 6.35. The summed E-state index contributed by atoms with van der Waals surface area (Å²) in [5.41, 5.74) is 3.94. The van der Waals surface area contributed by atoms with Gasteiger partial charge in [-0.15, -0.1) is 13.2 Å². The summed E-state index contributed by atoms with van der Waals surface area (Å²) in [6, 6.07) is 18.1. The molecule has 0 saturated carbocycles. The third-order valence-corrected chi connectivity index (χ3v) is 4.94. The number of benzene rings is 2. The molecule has 1 heterocycles. The third kappa shape index (κ3) is 4.77. The summed E-state index contributed by atoms with van der Waals surface area (Å²) >= 11 is 0. The molecule has 148 valence electrons. The molecule has 0 radical (unpaired) electrons. The van der Waals surface area contributed by atoms with Crippen molar-refractivity contribution in [2.24, 2.45) is 0 Å². The van der Waals surface area contributed by atoms with Crippen LogP contribution in [0.1, 0.15) is 31.4 Å². The molecular formula is C23H24F3NO. The lowest BCUT2D eigenvalue weighted by atomic mass is 9.76. The fourth-order valence-corrected chi connectivity index (χ4v) is 3.72. The van der Waals surface area contributed by atoms with E-state index in [-0.39, 0.29) is 5.41 Å². The summed E-state index contributed by atoms with van der Waals surface area (Å²) in [5, 5.41) is 0. The number of nitrogens with zero attached hydrogens (tertiary/aromatic N) is 1. The number of rotatable bonds is 5. The van der Waals surface area contributed by atoms with Crippen LogP contribution >= 0.6 is 0 Å². The maximum atomic E-state index is 12.6. The summed E-state index contributed by atoms with van der Waals surface area (Å²) in [7, 11) is 0. The van der Waals surface area contributed by atoms with E-state index in [0.717, 1.165) is 17.8 Å². The minimum atomic E-state index is -4.74. The van der Waals surface area contributed by atoms with Crippen molar-refractivity contribution in [1.82, 2.24) is 0 Å². The van der Waals surface area contributed by atoms with E-state index in [1.165, 1.54) is 17.2 Å². The van der Waals surface area contributed by atoms with E-state index in [1.807, 2.05) is 36.4 Å². The van der Waals surface area contributed by atoms with Crippen molar-refractivity contribution < 1.29 is 17.9 Å². The van der Waals surface area contributed by atoms with Crippen molar-refractivity contribution in [1.29, 1.82) is 0 Å². The minimum absolute atomic E-state index is 0.204. The number of hydrogen-bond acceptors (Lipinski definition) is 2. The van der Waals surface area contributed by atoms with Crippen LogP contribution in [0.2, 0.25) is 0 Å². The van der Waals surface area contributed by atoms with Gasteiger partial charge < -0.3 is 9.64 Å². The Bertz CT molecular complexity index is 869. The molecule has 0 bridgehead atoms. The Balaban J connectivity index is 1.95. The fraction of sp³-hybridized carbons (Fsp3) is 0.304. The van der Waals surface area contributed by atoms with E-state index in [0.29, 0.717) is 13.0 Å². The summed E-state index contributed by atoms with van der Waals surface area (Å²) in [6.45, 7) is 8.30. The molecule has 1 aliphatic rings. The fourth-order valence-electron chi connectivity index (χ4n) is 3.72. The SMILES string of the molecule is C=C(/C=C1\CC(C)(C)c2ccccc2N1CCc1ccccc1)OC(F)(F)F. The van der Waals surface area contributed by atoms with Gasteiger partial charge >= 0.3 is 6.36 Å². The van der Waals surface area contributed by atoms with Crippen molar-refractivity contribution >= 4 is 5.69 Å². The number of allylic oxidation sites excluding steroid dienone is 2. The van der Waals surface area contributed by atoms with Crippen LogP contribution in [0.3, 0.4) is 0 Å². The van der Waals surface area contributed by atoms with Gasteiger partial charge in [-0.3, -0.25) is 0 Å². The summed E-state index contributed by atoms with van der Waals surface area (Å²) in [6.07, 6.45) is -1.96. The molecule has 0 unspecified atom stereocenters. The second kappa shape index (κ2) is 7.74. The highest BCUT2D eigenvalue weighted by Gasteiger charge is 2.35. The second-order valence-electron chi connectivity index (χ2n) is 7.61. The molecule has 0 fully saturated rings. The normalized spacial score (nSPS) is 17.3. The zero-order valence-electron chi connectivity index (χ0n) is 16.1. The Labute approximate surface area is 163 Å². The van der Waals surface area contributed by atoms with Crippen LogP contribution < -0.4 is 4.90 Å². The molecule has 0 aliphatic carbocycles. The van der Waals surface area contributed by atoms with Gasteiger partial charge in [0.05, 0.1) is 0 Å². The number of para-hydroxylation sites is 1. The lowest BCUT2D eigenvalue weighted by Gasteiger charge is -2.42. The maximum absolute atomic E-state index is 12.6. The molecule has 2 aromatic rings. The van der Waals surface area contributed by atoms with E-state index < -0.39 is 12.1 Å². The molecule has 1 aliphatic heterocycles. The summed E-state index contributed by atoms with van der Waals surface area (Å²) in [5.74, 6) is -0.401. The van der Waals surface area contributed by atoms with Crippen LogP contribution in [0.4, 0.5) is 18.9 Å². The van der Waals surface area contributed by atoms with E-state index in [2.05, 4.69) is 48.3 Å². The van der Waals surface area contributed by atoms with Crippen LogP contribution in [0.15, 0.2) is 78.7 Å². The highest BCUT2D eigenvalue weighted by atomic mass is 19.4. The van der Waals surface area contributed by atoms with Gasteiger partial charge in [-0.05, 0) is 41.5 Å². The molecule has 2 aromatic carbocycles. The molecule has 28 heavy (non-hydrogen) atoms. The van der Waals surface area contributed by atoms with E-state index in [4.69, 9.17) is 0 Å². The van der Waals surface area contributed by atoms with Crippen LogP contribution in [0, 0.1) is 0 Å². The van der Waals surface area contributed by atoms with Crippen molar-refractivity contribution in [3.8, 4) is 0 Å². The third-order valence-electron chi connectivity index (χ3n) is 4.94. The van der Waals surface area contributed by atoms with E-state index >= 15 is 0 Å². The van der Waals surface area contributed by atoms with Crippen LogP contribution in [-0.4, -0.2) is 12.9 Å². The highest BCUT2D eigenvalue weighted by Crippen LogP contribution is 2.44. The first-order chi connectivity index (χ1) is 13.2. The lowest BCUT2D eigenvalue weighted by Crippen LogP contribution is -2.37. The Morgan fingerprint density at radius 3 is 2.43 bits per heavy atom. The Kier molecular flexibility index (Phi) is 5.54. The van der Waals surface area contributed by atoms with Crippen LogP contribution in [-0.2, 0) is 16.6 Å². The van der Waals surface area contributed by atoms with Gasteiger partial charge in [-0.25, -0.2) is 0 Å². The van der Waals surface area contributed by atoms with Gasteiger partial charge in [0.25, 0.3) is 0 Å². The van der Waals surface area contributed by atoms with Gasteiger partial charge in [-0.1, -0.05) is 69.0 Å².